The molecule has 0 radical (unpaired) electrons. The largest absolute Gasteiger partial charge is 0.427 e. The van der Waals surface area contributed by atoms with Gasteiger partial charge in [0, 0.05) is 29.4 Å². The number of hydrogen-bond acceptors (Lipinski definition) is 4. The first-order valence-electron chi connectivity index (χ1n) is 5.56. The normalized spacial score (nSPS) is 10.3. The number of carbonyl (C=O) groups is 2. The Bertz CT molecular complexity index is 621. The molecule has 5 heteroatoms. The molecule has 0 unspecified atom stereocenters. The predicted octanol–water partition coefficient (Wildman–Crippen LogP) is 3.40. The molecule has 0 aromatic carbocycles. The summed E-state index contributed by atoms with van der Waals surface area (Å²) in [6, 6.07) is 8.63. The maximum Gasteiger partial charge on any atom is 0.308 e. The summed E-state index contributed by atoms with van der Waals surface area (Å²) in [7, 11) is 0. The molecule has 2 aliphatic rings. The van der Waals surface area contributed by atoms with E-state index in [1.54, 1.807) is 30.3 Å². The van der Waals surface area contributed by atoms with Gasteiger partial charge in [-0.3, -0.25) is 9.59 Å². The zero-order valence-corrected chi connectivity index (χ0v) is 12.0. The quantitative estimate of drug-likeness (QED) is 0.795. The van der Waals surface area contributed by atoms with Crippen molar-refractivity contribution >= 4 is 27.9 Å². The number of ether oxygens (including phenoxy) is 2. The molecule has 2 aliphatic carbocycles. The van der Waals surface area contributed by atoms with Crippen LogP contribution in [-0.2, 0) is 9.59 Å². The van der Waals surface area contributed by atoms with E-state index in [1.807, 2.05) is 0 Å². The van der Waals surface area contributed by atoms with Crippen molar-refractivity contribution in [2.45, 2.75) is 13.8 Å². The average molecular weight is 323 g/mol. The van der Waals surface area contributed by atoms with E-state index >= 15 is 0 Å². The number of rotatable bonds is 2. The Balaban J connectivity index is 2.49. The molecule has 98 valence electrons. The minimum atomic E-state index is -0.387. The van der Waals surface area contributed by atoms with Crippen molar-refractivity contribution in [3.8, 4) is 22.6 Å². The zero-order chi connectivity index (χ0) is 14.0. The summed E-state index contributed by atoms with van der Waals surface area (Å²) in [5.41, 5.74) is 1.57. The van der Waals surface area contributed by atoms with E-state index in [1.165, 1.54) is 13.8 Å². The van der Waals surface area contributed by atoms with Gasteiger partial charge in [-0.2, -0.15) is 0 Å². The van der Waals surface area contributed by atoms with Crippen LogP contribution in [0.2, 0.25) is 0 Å². The van der Waals surface area contributed by atoms with Gasteiger partial charge in [0.1, 0.15) is 11.5 Å². The molecule has 0 N–H and O–H groups in total. The summed E-state index contributed by atoms with van der Waals surface area (Å²) in [5.74, 6) is 0.135. The number of fused-ring (bicyclic) bond motifs is 1. The van der Waals surface area contributed by atoms with Gasteiger partial charge in [-0.25, -0.2) is 0 Å². The van der Waals surface area contributed by atoms with Gasteiger partial charge < -0.3 is 9.47 Å². The molecular formula is C14H11BrO4. The SMILES string of the molecule is CC(=O)Oc1cccc2c(OC(C)=O)cc(Br)c-2c1. The fourth-order valence-electron chi connectivity index (χ4n) is 1.75. The molecule has 2 rings (SSSR count). The monoisotopic (exact) mass is 322 g/mol. The first-order chi connectivity index (χ1) is 8.97. The summed E-state index contributed by atoms with van der Waals surface area (Å²) in [5, 5.41) is 0. The van der Waals surface area contributed by atoms with Gasteiger partial charge in [-0.15, -0.1) is 0 Å². The highest BCUT2D eigenvalue weighted by atomic mass is 79.9. The standard InChI is InChI=1S/C14H11BrO4/c1-8(16)18-10-4-3-5-11-12(6-10)13(15)7-14(11)19-9(2)17/h3-7H,1-2H3. The fraction of sp³-hybridized carbons (Fsp3) is 0.143. The van der Waals surface area contributed by atoms with Crippen LogP contribution in [-0.4, -0.2) is 11.9 Å². The van der Waals surface area contributed by atoms with Crippen LogP contribution < -0.4 is 9.47 Å². The van der Waals surface area contributed by atoms with Crippen LogP contribution in [0.1, 0.15) is 13.8 Å². The third-order valence-electron chi connectivity index (χ3n) is 2.40. The predicted molar refractivity (Wildman–Crippen MR) is 73.4 cm³/mol. The Hall–Kier alpha value is -1.88. The molecule has 0 fully saturated rings. The first-order valence-corrected chi connectivity index (χ1v) is 6.36. The number of hydrogen-bond donors (Lipinski definition) is 0. The summed E-state index contributed by atoms with van der Waals surface area (Å²) in [4.78, 5) is 22.0. The van der Waals surface area contributed by atoms with Crippen LogP contribution >= 0.6 is 15.9 Å². The van der Waals surface area contributed by atoms with Gasteiger partial charge in [0.05, 0.1) is 0 Å². The van der Waals surface area contributed by atoms with E-state index < -0.39 is 0 Å². The van der Waals surface area contributed by atoms with Crippen LogP contribution in [0.25, 0.3) is 11.1 Å². The van der Waals surface area contributed by atoms with E-state index in [2.05, 4.69) is 15.9 Å². The molecule has 0 saturated heterocycles. The van der Waals surface area contributed by atoms with E-state index in [9.17, 15) is 9.59 Å². The molecular weight excluding hydrogens is 312 g/mol. The number of halogens is 1. The Morgan fingerprint density at radius 2 is 1.68 bits per heavy atom. The second-order valence-electron chi connectivity index (χ2n) is 3.94. The lowest BCUT2D eigenvalue weighted by molar-refractivity contribution is -0.132. The summed E-state index contributed by atoms with van der Waals surface area (Å²) >= 11 is 3.40. The highest BCUT2D eigenvalue weighted by Gasteiger charge is 2.17. The van der Waals surface area contributed by atoms with Crippen molar-refractivity contribution in [2.24, 2.45) is 0 Å². The van der Waals surface area contributed by atoms with Gasteiger partial charge in [0.2, 0.25) is 0 Å². The van der Waals surface area contributed by atoms with Gasteiger partial charge in [0.25, 0.3) is 0 Å². The van der Waals surface area contributed by atoms with E-state index in [-0.39, 0.29) is 11.9 Å². The van der Waals surface area contributed by atoms with Crippen molar-refractivity contribution in [1.29, 1.82) is 0 Å². The maximum atomic E-state index is 11.0. The van der Waals surface area contributed by atoms with Crippen molar-refractivity contribution in [3.63, 3.8) is 0 Å². The molecule has 0 saturated carbocycles. The first kappa shape index (κ1) is 13.5. The molecule has 0 aliphatic heterocycles. The molecule has 0 aromatic heterocycles. The Morgan fingerprint density at radius 3 is 2.32 bits per heavy atom. The Morgan fingerprint density at radius 1 is 1.00 bits per heavy atom. The van der Waals surface area contributed by atoms with E-state index in [0.29, 0.717) is 11.5 Å². The highest BCUT2D eigenvalue weighted by Crippen LogP contribution is 2.42. The minimum absolute atomic E-state index is 0.383. The minimum Gasteiger partial charge on any atom is -0.427 e. The molecule has 0 aromatic rings. The van der Waals surface area contributed by atoms with Gasteiger partial charge in [-0.05, 0) is 18.2 Å². The fourth-order valence-corrected chi connectivity index (χ4v) is 2.28. The van der Waals surface area contributed by atoms with Crippen molar-refractivity contribution in [2.75, 3.05) is 0 Å². The summed E-state index contributed by atoms with van der Waals surface area (Å²) < 4.78 is 11.0. The van der Waals surface area contributed by atoms with Crippen molar-refractivity contribution in [1.82, 2.24) is 0 Å². The summed E-state index contributed by atoms with van der Waals surface area (Å²) in [6.07, 6.45) is 0. The second-order valence-corrected chi connectivity index (χ2v) is 4.80. The van der Waals surface area contributed by atoms with E-state index in [4.69, 9.17) is 9.47 Å². The molecule has 0 heterocycles. The lowest BCUT2D eigenvalue weighted by Gasteiger charge is -2.01. The highest BCUT2D eigenvalue weighted by molar-refractivity contribution is 9.10. The zero-order valence-electron chi connectivity index (χ0n) is 10.4. The Labute approximate surface area is 118 Å². The number of carbonyl (C=O) groups excluding carboxylic acids is 2. The third-order valence-corrected chi connectivity index (χ3v) is 3.05. The van der Waals surface area contributed by atoms with Gasteiger partial charge >= 0.3 is 11.9 Å². The number of esters is 2. The van der Waals surface area contributed by atoms with Crippen LogP contribution in [0, 0.1) is 0 Å². The van der Waals surface area contributed by atoms with E-state index in [0.717, 1.165) is 15.6 Å². The van der Waals surface area contributed by atoms with Gasteiger partial charge in [0.15, 0.2) is 0 Å². The molecule has 4 nitrogen and oxygen atoms in total. The molecule has 19 heavy (non-hydrogen) atoms. The third kappa shape index (κ3) is 3.12. The smallest absolute Gasteiger partial charge is 0.308 e. The average Bonchev–Trinajstić information content (AvgIpc) is 2.49. The van der Waals surface area contributed by atoms with Crippen molar-refractivity contribution in [3.05, 3.63) is 34.8 Å². The molecule has 0 amide bonds. The topological polar surface area (TPSA) is 52.6 Å². The second kappa shape index (κ2) is 5.40. The molecule has 0 spiro atoms. The molecule has 0 bridgehead atoms. The lowest BCUT2D eigenvalue weighted by Crippen LogP contribution is -2.00. The van der Waals surface area contributed by atoms with Crippen LogP contribution in [0.5, 0.6) is 11.5 Å². The van der Waals surface area contributed by atoms with Crippen molar-refractivity contribution < 1.29 is 19.1 Å². The Kier molecular flexibility index (Phi) is 3.85. The van der Waals surface area contributed by atoms with Crippen LogP contribution in [0.15, 0.2) is 34.8 Å². The van der Waals surface area contributed by atoms with Crippen LogP contribution in [0.3, 0.4) is 0 Å². The lowest BCUT2D eigenvalue weighted by atomic mass is 10.2. The van der Waals surface area contributed by atoms with Crippen LogP contribution in [0.4, 0.5) is 0 Å². The van der Waals surface area contributed by atoms with Gasteiger partial charge in [-0.1, -0.05) is 28.1 Å². The summed E-state index contributed by atoms with van der Waals surface area (Å²) in [6.45, 7) is 2.69. The molecule has 0 atom stereocenters. The maximum absolute atomic E-state index is 11.0.